The molecule has 1 aromatic carbocycles. The van der Waals surface area contributed by atoms with Gasteiger partial charge in [-0.15, -0.1) is 24.0 Å². The van der Waals surface area contributed by atoms with Crippen LogP contribution < -0.4 is 10.6 Å². The molecule has 0 spiro atoms. The molecule has 0 atom stereocenters. The third kappa shape index (κ3) is 7.05. The summed E-state index contributed by atoms with van der Waals surface area (Å²) in [5.74, 6) is 1.93. The van der Waals surface area contributed by atoms with Crippen molar-refractivity contribution >= 4 is 29.9 Å². The number of benzene rings is 1. The molecular weight excluding hydrogens is 425 g/mol. The van der Waals surface area contributed by atoms with Crippen LogP contribution in [0, 0.1) is 20.8 Å². The molecule has 0 aliphatic rings. The first kappa shape index (κ1) is 21.5. The van der Waals surface area contributed by atoms with Crippen molar-refractivity contribution in [2.24, 2.45) is 4.99 Å². The lowest BCUT2D eigenvalue weighted by atomic mass is 10.1. The van der Waals surface area contributed by atoms with E-state index in [9.17, 15) is 0 Å². The summed E-state index contributed by atoms with van der Waals surface area (Å²) < 4.78 is 2.19. The molecule has 0 amide bonds. The van der Waals surface area contributed by atoms with Crippen LogP contribution in [0.25, 0.3) is 0 Å². The first-order valence-corrected chi connectivity index (χ1v) is 8.58. The summed E-state index contributed by atoms with van der Waals surface area (Å²) in [5.41, 5.74) is 3.92. The van der Waals surface area contributed by atoms with Gasteiger partial charge in [0, 0.05) is 39.1 Å². The van der Waals surface area contributed by atoms with Gasteiger partial charge in [-0.05, 0) is 44.7 Å². The Balaban J connectivity index is 0.00000312. The average Bonchev–Trinajstić information content (AvgIpc) is 2.96. The van der Waals surface area contributed by atoms with Gasteiger partial charge in [-0.1, -0.05) is 23.8 Å². The second-order valence-corrected chi connectivity index (χ2v) is 6.16. The fourth-order valence-electron chi connectivity index (χ4n) is 2.70. The highest BCUT2D eigenvalue weighted by Crippen LogP contribution is 2.09. The van der Waals surface area contributed by atoms with E-state index < -0.39 is 0 Å². The number of nitrogens with one attached hydrogen (secondary N) is 2. The van der Waals surface area contributed by atoms with E-state index in [0.717, 1.165) is 44.3 Å². The van der Waals surface area contributed by atoms with Crippen molar-refractivity contribution in [1.29, 1.82) is 0 Å². The minimum atomic E-state index is 0. The number of aliphatic imine (C=N–C) groups is 1. The van der Waals surface area contributed by atoms with Crippen molar-refractivity contribution in [3.8, 4) is 0 Å². The highest BCUT2D eigenvalue weighted by Gasteiger charge is 2.02. The molecule has 2 N–H and O–H groups in total. The quantitative estimate of drug-likeness (QED) is 0.291. The monoisotopic (exact) mass is 455 g/mol. The number of hydrogen-bond acceptors (Lipinski definition) is 2. The maximum atomic E-state index is 4.29. The molecule has 0 radical (unpaired) electrons. The molecule has 0 saturated carbocycles. The zero-order chi connectivity index (χ0) is 17.4. The van der Waals surface area contributed by atoms with Crippen LogP contribution in [0.5, 0.6) is 0 Å². The number of halogens is 1. The van der Waals surface area contributed by atoms with Gasteiger partial charge in [-0.25, -0.2) is 4.98 Å². The molecule has 1 aromatic heterocycles. The second kappa shape index (κ2) is 11.1. The Morgan fingerprint density at radius 2 is 1.96 bits per heavy atom. The third-order valence-corrected chi connectivity index (χ3v) is 4.21. The summed E-state index contributed by atoms with van der Waals surface area (Å²) in [4.78, 5) is 8.53. The summed E-state index contributed by atoms with van der Waals surface area (Å²) in [6.45, 7) is 9.04. The lowest BCUT2D eigenvalue weighted by Crippen LogP contribution is -2.37. The van der Waals surface area contributed by atoms with Crippen LogP contribution in [0.3, 0.4) is 0 Å². The standard InChI is InChI=1S/C19H29N5.HI/c1-15-7-8-18(16(2)13-15)14-23-19(20-4)22-9-5-6-11-24-12-10-21-17(24)3;/h7-8,10,12-13H,5-6,9,11,14H2,1-4H3,(H2,20,22,23);1H. The second-order valence-electron chi connectivity index (χ2n) is 6.16. The van der Waals surface area contributed by atoms with E-state index in [1.807, 2.05) is 26.4 Å². The molecule has 0 aliphatic heterocycles. The SMILES string of the molecule is CN=C(NCCCCn1ccnc1C)NCc1ccc(C)cc1C.I. The van der Waals surface area contributed by atoms with E-state index >= 15 is 0 Å². The predicted molar refractivity (Wildman–Crippen MR) is 116 cm³/mol. The minimum absolute atomic E-state index is 0. The molecule has 2 rings (SSSR count). The van der Waals surface area contributed by atoms with Crippen LogP contribution in [0.2, 0.25) is 0 Å². The Morgan fingerprint density at radius 1 is 1.16 bits per heavy atom. The molecule has 2 aromatic rings. The van der Waals surface area contributed by atoms with Crippen LogP contribution in [0.4, 0.5) is 0 Å². The number of rotatable bonds is 7. The van der Waals surface area contributed by atoms with Crippen molar-refractivity contribution in [3.05, 3.63) is 53.1 Å². The molecule has 0 saturated heterocycles. The molecule has 0 unspecified atom stereocenters. The van der Waals surface area contributed by atoms with Gasteiger partial charge in [0.25, 0.3) is 0 Å². The summed E-state index contributed by atoms with van der Waals surface area (Å²) in [6.07, 6.45) is 6.11. The summed E-state index contributed by atoms with van der Waals surface area (Å²) in [7, 11) is 1.81. The topological polar surface area (TPSA) is 54.2 Å². The van der Waals surface area contributed by atoms with Gasteiger partial charge in [0.1, 0.15) is 5.82 Å². The summed E-state index contributed by atoms with van der Waals surface area (Å²) >= 11 is 0. The van der Waals surface area contributed by atoms with Gasteiger partial charge >= 0.3 is 0 Å². The maximum Gasteiger partial charge on any atom is 0.191 e. The molecule has 0 bridgehead atoms. The van der Waals surface area contributed by atoms with Crippen LogP contribution in [0.15, 0.2) is 35.6 Å². The van der Waals surface area contributed by atoms with Crippen molar-refractivity contribution in [2.45, 2.75) is 46.7 Å². The number of aryl methyl sites for hydroxylation is 4. The van der Waals surface area contributed by atoms with Crippen LogP contribution >= 0.6 is 24.0 Å². The van der Waals surface area contributed by atoms with E-state index in [4.69, 9.17) is 0 Å². The average molecular weight is 455 g/mol. The van der Waals surface area contributed by atoms with Crippen molar-refractivity contribution < 1.29 is 0 Å². The van der Waals surface area contributed by atoms with Crippen LogP contribution in [-0.4, -0.2) is 29.1 Å². The maximum absolute atomic E-state index is 4.29. The van der Waals surface area contributed by atoms with E-state index in [1.54, 1.807) is 0 Å². The van der Waals surface area contributed by atoms with E-state index in [0.29, 0.717) is 0 Å². The van der Waals surface area contributed by atoms with Gasteiger partial charge in [0.05, 0.1) is 0 Å². The molecular formula is C19H30IN5. The van der Waals surface area contributed by atoms with Crippen LogP contribution in [-0.2, 0) is 13.1 Å². The Hall–Kier alpha value is -1.57. The van der Waals surface area contributed by atoms with Crippen molar-refractivity contribution in [1.82, 2.24) is 20.2 Å². The first-order chi connectivity index (χ1) is 11.6. The number of guanidine groups is 1. The number of nitrogens with zero attached hydrogens (tertiary/aromatic N) is 3. The Labute approximate surface area is 168 Å². The Morgan fingerprint density at radius 3 is 2.60 bits per heavy atom. The minimum Gasteiger partial charge on any atom is -0.356 e. The highest BCUT2D eigenvalue weighted by atomic mass is 127. The largest absolute Gasteiger partial charge is 0.356 e. The smallest absolute Gasteiger partial charge is 0.191 e. The number of hydrogen-bond donors (Lipinski definition) is 2. The third-order valence-electron chi connectivity index (χ3n) is 4.21. The normalized spacial score (nSPS) is 11.1. The fraction of sp³-hybridized carbons (Fsp3) is 0.474. The summed E-state index contributed by atoms with van der Waals surface area (Å²) in [5, 5.41) is 6.76. The first-order valence-electron chi connectivity index (χ1n) is 8.58. The number of aromatic nitrogens is 2. The number of imidazole rings is 1. The predicted octanol–water partition coefficient (Wildman–Crippen LogP) is 3.57. The van der Waals surface area contributed by atoms with Crippen molar-refractivity contribution in [3.63, 3.8) is 0 Å². The van der Waals surface area contributed by atoms with E-state index in [1.165, 1.54) is 16.7 Å². The Kier molecular flexibility index (Phi) is 9.55. The lowest BCUT2D eigenvalue weighted by Gasteiger charge is -2.13. The fourth-order valence-corrected chi connectivity index (χ4v) is 2.70. The van der Waals surface area contributed by atoms with Gasteiger partial charge in [-0.2, -0.15) is 0 Å². The highest BCUT2D eigenvalue weighted by molar-refractivity contribution is 14.0. The number of unbranched alkanes of at least 4 members (excludes halogenated alkanes) is 1. The van der Waals surface area contributed by atoms with Crippen molar-refractivity contribution in [2.75, 3.05) is 13.6 Å². The van der Waals surface area contributed by atoms with E-state index in [2.05, 4.69) is 57.2 Å². The zero-order valence-corrected chi connectivity index (χ0v) is 18.0. The molecule has 1 heterocycles. The molecule has 6 heteroatoms. The molecule has 0 fully saturated rings. The summed E-state index contributed by atoms with van der Waals surface area (Å²) in [6, 6.07) is 6.54. The zero-order valence-electron chi connectivity index (χ0n) is 15.7. The van der Waals surface area contributed by atoms with Gasteiger partial charge in [0.2, 0.25) is 0 Å². The lowest BCUT2D eigenvalue weighted by molar-refractivity contribution is 0.588. The molecule has 25 heavy (non-hydrogen) atoms. The van der Waals surface area contributed by atoms with Gasteiger partial charge in [0.15, 0.2) is 5.96 Å². The Bertz CT molecular complexity index is 678. The molecule has 138 valence electrons. The van der Waals surface area contributed by atoms with Gasteiger partial charge in [-0.3, -0.25) is 4.99 Å². The van der Waals surface area contributed by atoms with Gasteiger partial charge < -0.3 is 15.2 Å². The van der Waals surface area contributed by atoms with E-state index in [-0.39, 0.29) is 24.0 Å². The van der Waals surface area contributed by atoms with Crippen LogP contribution in [0.1, 0.15) is 35.4 Å². The molecule has 0 aliphatic carbocycles. The molecule has 5 nitrogen and oxygen atoms in total.